The van der Waals surface area contributed by atoms with Gasteiger partial charge in [-0.15, -0.1) is 11.3 Å². The summed E-state index contributed by atoms with van der Waals surface area (Å²) in [7, 11) is 0. The maximum absolute atomic E-state index is 13.3. The summed E-state index contributed by atoms with van der Waals surface area (Å²) in [5.74, 6) is 0. The first-order valence-electron chi connectivity index (χ1n) is 6.57. The Morgan fingerprint density at radius 3 is 2.32 bits per heavy atom. The number of piperazine rings is 1. The number of benzene rings is 1. The summed E-state index contributed by atoms with van der Waals surface area (Å²) in [6.45, 7) is -0.509. The van der Waals surface area contributed by atoms with Crippen LogP contribution in [0.15, 0.2) is 23.7 Å². The van der Waals surface area contributed by atoms with Crippen molar-refractivity contribution in [1.82, 2.24) is 9.88 Å². The van der Waals surface area contributed by atoms with Gasteiger partial charge in [0.25, 0.3) is 0 Å². The van der Waals surface area contributed by atoms with E-state index < -0.39 is 12.2 Å². The summed E-state index contributed by atoms with van der Waals surface area (Å²) < 4.78 is 64.8. The molecule has 0 radical (unpaired) electrons. The van der Waals surface area contributed by atoms with Crippen molar-refractivity contribution in [2.24, 2.45) is 0 Å². The Bertz CT molecular complexity index is 661. The molecule has 1 aromatic carbocycles. The van der Waals surface area contributed by atoms with Crippen LogP contribution in [0.25, 0.3) is 10.2 Å². The number of hydrogen-bond acceptors (Lipinski definition) is 4. The molecule has 0 amide bonds. The molecule has 3 nitrogen and oxygen atoms in total. The molecule has 0 bridgehead atoms. The average molecular weight is 337 g/mol. The number of thiazole rings is 1. The lowest BCUT2D eigenvalue weighted by molar-refractivity contribution is -0.341. The number of para-hydroxylation sites is 1. The van der Waals surface area contributed by atoms with Gasteiger partial charge in [0.05, 0.1) is 15.9 Å². The standard InChI is InChI=1S/C13H12F5N3S/c14-12(15,16)13(17,18)21-6-4-20(5-7-21)9-2-1-3-10-11(9)19-8-22-10/h1-3,8H,4-7H2. The van der Waals surface area contributed by atoms with Crippen LogP contribution in [0.5, 0.6) is 0 Å². The van der Waals surface area contributed by atoms with E-state index in [0.29, 0.717) is 0 Å². The SMILES string of the molecule is FC(F)(F)C(F)(F)N1CCN(c2cccc3scnc23)CC1. The van der Waals surface area contributed by atoms with Crippen molar-refractivity contribution in [3.63, 3.8) is 0 Å². The number of rotatable bonds is 2. The summed E-state index contributed by atoms with van der Waals surface area (Å²) in [6, 6.07) is 0.739. The molecule has 0 unspecified atom stereocenters. The zero-order valence-corrected chi connectivity index (χ0v) is 12.1. The first kappa shape index (κ1) is 15.4. The fourth-order valence-corrected chi connectivity index (χ4v) is 3.23. The van der Waals surface area contributed by atoms with Crippen LogP contribution in [0.3, 0.4) is 0 Å². The highest BCUT2D eigenvalue weighted by molar-refractivity contribution is 7.16. The van der Waals surface area contributed by atoms with Gasteiger partial charge in [0.15, 0.2) is 0 Å². The fourth-order valence-electron chi connectivity index (χ4n) is 2.53. The molecule has 2 aromatic rings. The van der Waals surface area contributed by atoms with Crippen LogP contribution in [0.2, 0.25) is 0 Å². The minimum atomic E-state index is -5.55. The van der Waals surface area contributed by atoms with E-state index in [4.69, 9.17) is 0 Å². The van der Waals surface area contributed by atoms with Gasteiger partial charge in [-0.2, -0.15) is 22.0 Å². The normalized spacial score (nSPS) is 18.1. The lowest BCUT2D eigenvalue weighted by Gasteiger charge is -2.40. The maximum atomic E-state index is 13.3. The second kappa shape index (κ2) is 5.31. The molecule has 1 saturated heterocycles. The Morgan fingerprint density at radius 1 is 1.00 bits per heavy atom. The van der Waals surface area contributed by atoms with Crippen molar-refractivity contribution >= 4 is 27.2 Å². The quantitative estimate of drug-likeness (QED) is 0.617. The van der Waals surface area contributed by atoms with E-state index in [1.807, 2.05) is 12.1 Å². The molecular formula is C13H12F5N3S. The second-order valence-electron chi connectivity index (χ2n) is 4.99. The molecule has 9 heteroatoms. The summed E-state index contributed by atoms with van der Waals surface area (Å²) in [6.07, 6.45) is -5.55. The number of nitrogens with zero attached hydrogens (tertiary/aromatic N) is 3. The van der Waals surface area contributed by atoms with Crippen LogP contribution >= 0.6 is 11.3 Å². The van der Waals surface area contributed by atoms with Crippen molar-refractivity contribution in [2.75, 3.05) is 31.1 Å². The van der Waals surface area contributed by atoms with E-state index in [2.05, 4.69) is 4.98 Å². The van der Waals surface area contributed by atoms with Gasteiger partial charge in [0, 0.05) is 26.2 Å². The molecule has 0 saturated carbocycles. The molecule has 3 rings (SSSR count). The van der Waals surface area contributed by atoms with Crippen LogP contribution in [0.4, 0.5) is 27.6 Å². The Balaban J connectivity index is 1.76. The van der Waals surface area contributed by atoms with Gasteiger partial charge in [-0.05, 0) is 12.1 Å². The minimum Gasteiger partial charge on any atom is -0.367 e. The molecule has 1 aromatic heterocycles. The van der Waals surface area contributed by atoms with E-state index >= 15 is 0 Å². The molecule has 120 valence electrons. The number of aromatic nitrogens is 1. The van der Waals surface area contributed by atoms with Crippen LogP contribution < -0.4 is 4.90 Å². The molecule has 2 heterocycles. The van der Waals surface area contributed by atoms with Gasteiger partial charge >= 0.3 is 12.2 Å². The van der Waals surface area contributed by atoms with Crippen molar-refractivity contribution in [2.45, 2.75) is 12.2 Å². The Hall–Kier alpha value is -1.48. The molecule has 0 spiro atoms. The van der Waals surface area contributed by atoms with Gasteiger partial charge < -0.3 is 4.90 Å². The Morgan fingerprint density at radius 2 is 1.68 bits per heavy atom. The first-order valence-corrected chi connectivity index (χ1v) is 7.45. The van der Waals surface area contributed by atoms with Crippen LogP contribution in [0.1, 0.15) is 0 Å². The average Bonchev–Trinajstić information content (AvgIpc) is 2.94. The third-order valence-corrected chi connectivity index (χ3v) is 4.49. The Kier molecular flexibility index (Phi) is 3.72. The Labute approximate surface area is 127 Å². The molecule has 0 N–H and O–H groups in total. The third-order valence-electron chi connectivity index (χ3n) is 3.70. The van der Waals surface area contributed by atoms with Crippen LogP contribution in [-0.4, -0.2) is 48.3 Å². The summed E-state index contributed by atoms with van der Waals surface area (Å²) in [5.41, 5.74) is 3.21. The van der Waals surface area contributed by atoms with E-state index in [1.54, 1.807) is 16.5 Å². The summed E-state index contributed by atoms with van der Waals surface area (Å²) in [5, 5.41) is 0. The van der Waals surface area contributed by atoms with E-state index in [-0.39, 0.29) is 31.1 Å². The predicted molar refractivity (Wildman–Crippen MR) is 74.4 cm³/mol. The maximum Gasteiger partial charge on any atom is 0.469 e. The fraction of sp³-hybridized carbons (Fsp3) is 0.462. The van der Waals surface area contributed by atoms with Crippen LogP contribution in [-0.2, 0) is 0 Å². The number of hydrogen-bond donors (Lipinski definition) is 0. The van der Waals surface area contributed by atoms with E-state index in [0.717, 1.165) is 15.9 Å². The van der Waals surface area contributed by atoms with Crippen molar-refractivity contribution in [3.8, 4) is 0 Å². The zero-order chi connectivity index (χ0) is 16.0. The van der Waals surface area contributed by atoms with E-state index in [1.165, 1.54) is 11.3 Å². The lowest BCUT2D eigenvalue weighted by atomic mass is 10.2. The smallest absolute Gasteiger partial charge is 0.367 e. The molecule has 0 aliphatic carbocycles. The number of halogens is 5. The van der Waals surface area contributed by atoms with Gasteiger partial charge in [-0.3, -0.25) is 0 Å². The van der Waals surface area contributed by atoms with E-state index in [9.17, 15) is 22.0 Å². The van der Waals surface area contributed by atoms with Gasteiger partial charge in [-0.1, -0.05) is 6.07 Å². The summed E-state index contributed by atoms with van der Waals surface area (Å²) in [4.78, 5) is 6.22. The van der Waals surface area contributed by atoms with Gasteiger partial charge in [0.1, 0.15) is 5.52 Å². The molecule has 0 atom stereocenters. The number of fused-ring (bicyclic) bond motifs is 1. The minimum absolute atomic E-state index is 0.0995. The highest BCUT2D eigenvalue weighted by Gasteiger charge is 2.61. The van der Waals surface area contributed by atoms with Gasteiger partial charge in [-0.25, -0.2) is 9.88 Å². The predicted octanol–water partition coefficient (Wildman–Crippen LogP) is 3.57. The summed E-state index contributed by atoms with van der Waals surface area (Å²) >= 11 is 1.46. The number of alkyl halides is 5. The molecule has 22 heavy (non-hydrogen) atoms. The van der Waals surface area contributed by atoms with Gasteiger partial charge in [0.2, 0.25) is 0 Å². The van der Waals surface area contributed by atoms with Crippen molar-refractivity contribution in [3.05, 3.63) is 23.7 Å². The first-order chi connectivity index (χ1) is 10.3. The lowest BCUT2D eigenvalue weighted by Crippen LogP contribution is -2.59. The molecule has 1 aliphatic rings. The van der Waals surface area contributed by atoms with Crippen molar-refractivity contribution in [1.29, 1.82) is 0 Å². The number of anilines is 1. The second-order valence-corrected chi connectivity index (χ2v) is 5.88. The molecule has 1 fully saturated rings. The molecule has 1 aliphatic heterocycles. The molecular weight excluding hydrogens is 325 g/mol. The highest BCUT2D eigenvalue weighted by atomic mass is 32.1. The third kappa shape index (κ3) is 2.52. The highest BCUT2D eigenvalue weighted by Crippen LogP contribution is 2.39. The van der Waals surface area contributed by atoms with Crippen LogP contribution in [0, 0.1) is 0 Å². The monoisotopic (exact) mass is 337 g/mol. The zero-order valence-electron chi connectivity index (χ0n) is 11.3. The van der Waals surface area contributed by atoms with Crippen molar-refractivity contribution < 1.29 is 22.0 Å². The largest absolute Gasteiger partial charge is 0.469 e. The topological polar surface area (TPSA) is 19.4 Å².